The van der Waals surface area contributed by atoms with Crippen LogP contribution in [0, 0.1) is 12.8 Å². The molecule has 0 saturated carbocycles. The molecule has 0 aliphatic carbocycles. The smallest absolute Gasteiger partial charge is 0.315 e. The van der Waals surface area contributed by atoms with Gasteiger partial charge in [-0.1, -0.05) is 32.4 Å². The maximum Gasteiger partial charge on any atom is 0.315 e. The summed E-state index contributed by atoms with van der Waals surface area (Å²) < 4.78 is 11.0. The number of anilines is 2. The standard InChI is InChI=1S/C25H33ClN2O4/c1-7-27-22-10-9-19(13-20(22)17(6)15(3)4)32-25-16(5)11-18(12-21(25)26)28-23(29)14-24(30)31-8-2/h9-13,15,17,27H,7-8,14H2,1-6H3,(H,28,29). The summed E-state index contributed by atoms with van der Waals surface area (Å²) in [4.78, 5) is 23.5. The number of benzene rings is 2. The van der Waals surface area contributed by atoms with Crippen LogP contribution in [0.2, 0.25) is 5.02 Å². The molecule has 0 bridgehead atoms. The minimum absolute atomic E-state index is 0.232. The van der Waals surface area contributed by atoms with Crippen LogP contribution in [0.1, 0.15) is 58.1 Å². The van der Waals surface area contributed by atoms with E-state index in [1.165, 1.54) is 5.56 Å². The lowest BCUT2D eigenvalue weighted by molar-refractivity contribution is -0.145. The molecule has 0 spiro atoms. The van der Waals surface area contributed by atoms with Crippen LogP contribution in [0.4, 0.5) is 11.4 Å². The van der Waals surface area contributed by atoms with Crippen molar-refractivity contribution in [3.8, 4) is 11.5 Å². The normalized spacial score (nSPS) is 11.8. The lowest BCUT2D eigenvalue weighted by atomic mass is 9.89. The average molecular weight is 461 g/mol. The molecular weight excluding hydrogens is 428 g/mol. The summed E-state index contributed by atoms with van der Waals surface area (Å²) in [7, 11) is 0. The summed E-state index contributed by atoms with van der Waals surface area (Å²) in [5.74, 6) is 1.01. The van der Waals surface area contributed by atoms with Crippen molar-refractivity contribution >= 4 is 34.9 Å². The van der Waals surface area contributed by atoms with Crippen molar-refractivity contribution in [1.29, 1.82) is 0 Å². The van der Waals surface area contributed by atoms with Gasteiger partial charge < -0.3 is 20.1 Å². The number of halogens is 1. The topological polar surface area (TPSA) is 76.7 Å². The molecule has 1 atom stereocenters. The van der Waals surface area contributed by atoms with Gasteiger partial charge in [0, 0.05) is 17.9 Å². The summed E-state index contributed by atoms with van der Waals surface area (Å²) in [6.07, 6.45) is -0.349. The molecule has 0 saturated heterocycles. The number of ether oxygens (including phenoxy) is 2. The molecule has 0 fully saturated rings. The molecule has 2 N–H and O–H groups in total. The van der Waals surface area contributed by atoms with Crippen LogP contribution in [0.5, 0.6) is 11.5 Å². The van der Waals surface area contributed by atoms with E-state index in [9.17, 15) is 9.59 Å². The first-order valence-electron chi connectivity index (χ1n) is 11.0. The van der Waals surface area contributed by atoms with Crippen LogP contribution in [0.15, 0.2) is 30.3 Å². The quantitative estimate of drug-likeness (QED) is 0.311. The SMILES string of the molecule is CCNc1ccc(Oc2c(C)cc(NC(=O)CC(=O)OCC)cc2Cl)cc1C(C)C(C)C. The second-order valence-corrected chi connectivity index (χ2v) is 8.46. The Morgan fingerprint density at radius 3 is 2.41 bits per heavy atom. The lowest BCUT2D eigenvalue weighted by Crippen LogP contribution is -2.18. The first-order chi connectivity index (χ1) is 15.2. The highest BCUT2D eigenvalue weighted by Crippen LogP contribution is 2.38. The zero-order chi connectivity index (χ0) is 23.8. The average Bonchev–Trinajstić information content (AvgIpc) is 2.71. The Morgan fingerprint density at radius 2 is 1.81 bits per heavy atom. The Balaban J connectivity index is 2.23. The van der Waals surface area contributed by atoms with Crippen molar-refractivity contribution in [3.05, 3.63) is 46.5 Å². The lowest BCUT2D eigenvalue weighted by Gasteiger charge is -2.22. The monoisotopic (exact) mass is 460 g/mol. The van der Waals surface area contributed by atoms with Crippen molar-refractivity contribution in [2.45, 2.75) is 53.9 Å². The predicted molar refractivity (Wildman–Crippen MR) is 130 cm³/mol. The molecule has 1 unspecified atom stereocenters. The van der Waals surface area contributed by atoms with Crippen molar-refractivity contribution in [2.24, 2.45) is 5.92 Å². The predicted octanol–water partition coefficient (Wildman–Crippen LogP) is 6.52. The molecule has 2 aromatic carbocycles. The van der Waals surface area contributed by atoms with Crippen molar-refractivity contribution in [1.82, 2.24) is 0 Å². The van der Waals surface area contributed by atoms with Crippen LogP contribution in [-0.2, 0) is 14.3 Å². The number of esters is 1. The van der Waals surface area contributed by atoms with E-state index in [0.29, 0.717) is 34.0 Å². The highest BCUT2D eigenvalue weighted by molar-refractivity contribution is 6.32. The van der Waals surface area contributed by atoms with Crippen LogP contribution >= 0.6 is 11.6 Å². The van der Waals surface area contributed by atoms with Gasteiger partial charge in [-0.05, 0) is 74.1 Å². The van der Waals surface area contributed by atoms with Gasteiger partial charge in [-0.2, -0.15) is 0 Å². The zero-order valence-corrected chi connectivity index (χ0v) is 20.4. The van der Waals surface area contributed by atoms with Gasteiger partial charge in [0.15, 0.2) is 0 Å². The molecular formula is C25H33ClN2O4. The third-order valence-corrected chi connectivity index (χ3v) is 5.50. The number of carbonyl (C=O) groups excluding carboxylic acids is 2. The Labute approximate surface area is 195 Å². The second kappa shape index (κ2) is 11.8. The minimum atomic E-state index is -0.569. The van der Waals surface area contributed by atoms with E-state index in [1.54, 1.807) is 19.1 Å². The van der Waals surface area contributed by atoms with Crippen LogP contribution in [0.25, 0.3) is 0 Å². The van der Waals surface area contributed by atoms with E-state index in [1.807, 2.05) is 25.1 Å². The van der Waals surface area contributed by atoms with Crippen LogP contribution in [0.3, 0.4) is 0 Å². The zero-order valence-electron chi connectivity index (χ0n) is 19.7. The van der Waals surface area contributed by atoms with E-state index in [2.05, 4.69) is 38.3 Å². The van der Waals surface area contributed by atoms with Gasteiger partial charge in [-0.3, -0.25) is 9.59 Å². The second-order valence-electron chi connectivity index (χ2n) is 8.05. The van der Waals surface area contributed by atoms with E-state index in [0.717, 1.165) is 17.8 Å². The van der Waals surface area contributed by atoms with Gasteiger partial charge in [0.1, 0.15) is 17.9 Å². The van der Waals surface area contributed by atoms with Gasteiger partial charge in [0.05, 0.1) is 11.6 Å². The summed E-state index contributed by atoms with van der Waals surface area (Å²) in [6.45, 7) is 13.3. The molecule has 2 aromatic rings. The van der Waals surface area contributed by atoms with Crippen LogP contribution in [-0.4, -0.2) is 25.0 Å². The molecule has 2 rings (SSSR count). The Morgan fingerprint density at radius 1 is 1.09 bits per heavy atom. The summed E-state index contributed by atoms with van der Waals surface area (Å²) >= 11 is 6.48. The van der Waals surface area contributed by atoms with E-state index in [4.69, 9.17) is 21.1 Å². The highest BCUT2D eigenvalue weighted by Gasteiger charge is 2.17. The molecule has 7 heteroatoms. The molecule has 6 nitrogen and oxygen atoms in total. The van der Waals surface area contributed by atoms with Crippen molar-refractivity contribution in [2.75, 3.05) is 23.8 Å². The number of hydrogen-bond donors (Lipinski definition) is 2. The number of carbonyl (C=O) groups is 2. The van der Waals surface area contributed by atoms with Gasteiger partial charge in [0.25, 0.3) is 0 Å². The molecule has 0 aromatic heterocycles. The first-order valence-corrected chi connectivity index (χ1v) is 11.3. The number of aryl methyl sites for hydroxylation is 1. The third kappa shape index (κ3) is 6.89. The largest absolute Gasteiger partial charge is 0.466 e. The molecule has 32 heavy (non-hydrogen) atoms. The fourth-order valence-electron chi connectivity index (χ4n) is 3.29. The number of nitrogens with one attached hydrogen (secondary N) is 2. The summed E-state index contributed by atoms with van der Waals surface area (Å²) in [5.41, 5.74) is 3.54. The Kier molecular flexibility index (Phi) is 9.39. The molecule has 0 aliphatic heterocycles. The summed E-state index contributed by atoms with van der Waals surface area (Å²) in [6, 6.07) is 9.36. The van der Waals surface area contributed by atoms with Crippen molar-refractivity contribution < 1.29 is 19.1 Å². The molecule has 0 heterocycles. The molecule has 0 radical (unpaired) electrons. The molecule has 174 valence electrons. The molecule has 1 amide bonds. The fourth-order valence-corrected chi connectivity index (χ4v) is 3.60. The Hall–Kier alpha value is -2.73. The summed E-state index contributed by atoms with van der Waals surface area (Å²) in [5, 5.41) is 6.46. The van der Waals surface area contributed by atoms with E-state index >= 15 is 0 Å². The number of rotatable bonds is 10. The van der Waals surface area contributed by atoms with Gasteiger partial charge >= 0.3 is 5.97 Å². The number of amides is 1. The molecule has 0 aliphatic rings. The minimum Gasteiger partial charge on any atom is -0.466 e. The van der Waals surface area contributed by atoms with Gasteiger partial charge in [0.2, 0.25) is 5.91 Å². The number of hydrogen-bond acceptors (Lipinski definition) is 5. The first kappa shape index (κ1) is 25.5. The highest BCUT2D eigenvalue weighted by atomic mass is 35.5. The van der Waals surface area contributed by atoms with Gasteiger partial charge in [-0.15, -0.1) is 0 Å². The fraction of sp³-hybridized carbons (Fsp3) is 0.440. The third-order valence-electron chi connectivity index (χ3n) is 5.22. The van der Waals surface area contributed by atoms with Gasteiger partial charge in [-0.25, -0.2) is 0 Å². The van der Waals surface area contributed by atoms with Crippen LogP contribution < -0.4 is 15.4 Å². The maximum absolute atomic E-state index is 12.0. The Bertz CT molecular complexity index is 936. The van der Waals surface area contributed by atoms with Crippen molar-refractivity contribution in [3.63, 3.8) is 0 Å². The van der Waals surface area contributed by atoms with E-state index < -0.39 is 11.9 Å². The maximum atomic E-state index is 12.0. The van der Waals surface area contributed by atoms with E-state index in [-0.39, 0.29) is 13.0 Å².